The summed E-state index contributed by atoms with van der Waals surface area (Å²) >= 11 is 1.71. The molecule has 2 rings (SSSR count). The predicted octanol–water partition coefficient (Wildman–Crippen LogP) is 3.50. The summed E-state index contributed by atoms with van der Waals surface area (Å²) in [6.07, 6.45) is 0. The van der Waals surface area contributed by atoms with Crippen LogP contribution >= 0.6 is 11.3 Å². The Bertz CT molecular complexity index is 492. The Morgan fingerprint density at radius 1 is 1.35 bits per heavy atom. The zero-order valence-corrected chi connectivity index (χ0v) is 11.0. The van der Waals surface area contributed by atoms with E-state index in [0.29, 0.717) is 6.61 Å². The fourth-order valence-corrected chi connectivity index (χ4v) is 2.77. The molecule has 0 aliphatic heterocycles. The summed E-state index contributed by atoms with van der Waals surface area (Å²) in [5.74, 6) is 0.884. The first-order valence-corrected chi connectivity index (χ1v) is 6.62. The van der Waals surface area contributed by atoms with E-state index in [4.69, 9.17) is 10.5 Å². The van der Waals surface area contributed by atoms with Crippen LogP contribution in [0.4, 0.5) is 0 Å². The molecule has 0 spiro atoms. The Labute approximate surface area is 106 Å². The second-order valence-electron chi connectivity index (χ2n) is 3.95. The number of aryl methyl sites for hydroxylation is 1. The smallest absolute Gasteiger partial charge is 0.119 e. The van der Waals surface area contributed by atoms with Crippen molar-refractivity contribution in [1.82, 2.24) is 0 Å². The number of rotatable bonds is 4. The van der Waals surface area contributed by atoms with Crippen LogP contribution in [0.1, 0.15) is 29.0 Å². The average molecular weight is 247 g/mol. The van der Waals surface area contributed by atoms with E-state index in [2.05, 4.69) is 18.4 Å². The van der Waals surface area contributed by atoms with Crippen molar-refractivity contribution in [1.29, 1.82) is 0 Å². The largest absolute Gasteiger partial charge is 0.494 e. The maximum absolute atomic E-state index is 6.28. The second-order valence-corrected chi connectivity index (χ2v) is 4.90. The van der Waals surface area contributed by atoms with Crippen LogP contribution in [-0.2, 0) is 0 Å². The van der Waals surface area contributed by atoms with Crippen LogP contribution in [0.5, 0.6) is 5.75 Å². The molecule has 2 aromatic rings. The van der Waals surface area contributed by atoms with Crippen molar-refractivity contribution in [3.05, 3.63) is 51.7 Å². The molecule has 2 N–H and O–H groups in total. The van der Waals surface area contributed by atoms with Gasteiger partial charge >= 0.3 is 0 Å². The molecule has 90 valence electrons. The van der Waals surface area contributed by atoms with Gasteiger partial charge < -0.3 is 10.5 Å². The fraction of sp³-hybridized carbons (Fsp3) is 0.286. The van der Waals surface area contributed by atoms with Crippen molar-refractivity contribution in [3.63, 3.8) is 0 Å². The van der Waals surface area contributed by atoms with Gasteiger partial charge in [0.25, 0.3) is 0 Å². The van der Waals surface area contributed by atoms with Crippen molar-refractivity contribution >= 4 is 11.3 Å². The predicted molar refractivity (Wildman–Crippen MR) is 72.7 cm³/mol. The maximum Gasteiger partial charge on any atom is 0.119 e. The Kier molecular flexibility index (Phi) is 3.82. The van der Waals surface area contributed by atoms with Gasteiger partial charge in [0.15, 0.2) is 0 Å². The third kappa shape index (κ3) is 2.68. The van der Waals surface area contributed by atoms with Crippen molar-refractivity contribution < 1.29 is 4.74 Å². The Hall–Kier alpha value is -1.32. The Balaban J connectivity index is 2.28. The summed E-state index contributed by atoms with van der Waals surface area (Å²) in [4.78, 5) is 1.22. The van der Waals surface area contributed by atoms with E-state index >= 15 is 0 Å². The molecule has 1 unspecified atom stereocenters. The third-order valence-corrected chi connectivity index (χ3v) is 3.81. The molecule has 1 aromatic carbocycles. The molecule has 0 amide bonds. The second kappa shape index (κ2) is 5.34. The molecular weight excluding hydrogens is 230 g/mol. The van der Waals surface area contributed by atoms with Crippen LogP contribution in [0.15, 0.2) is 35.7 Å². The zero-order chi connectivity index (χ0) is 12.3. The summed E-state index contributed by atoms with van der Waals surface area (Å²) in [6.45, 7) is 4.75. The Morgan fingerprint density at radius 3 is 2.82 bits per heavy atom. The molecule has 0 radical (unpaired) electrons. The minimum Gasteiger partial charge on any atom is -0.494 e. The number of ether oxygens (including phenoxy) is 1. The van der Waals surface area contributed by atoms with E-state index in [1.54, 1.807) is 11.3 Å². The van der Waals surface area contributed by atoms with Crippen LogP contribution in [-0.4, -0.2) is 6.61 Å². The Morgan fingerprint density at radius 2 is 2.18 bits per heavy atom. The standard InChI is InChI=1S/C14H17NOS/c1-3-16-12-6-4-5-11(9-12)13(15)14-10(2)7-8-17-14/h4-9,13H,3,15H2,1-2H3. The van der Waals surface area contributed by atoms with Gasteiger partial charge in [-0.2, -0.15) is 0 Å². The van der Waals surface area contributed by atoms with Gasteiger partial charge in [-0.1, -0.05) is 12.1 Å². The van der Waals surface area contributed by atoms with E-state index in [-0.39, 0.29) is 6.04 Å². The average Bonchev–Trinajstić information content (AvgIpc) is 2.75. The summed E-state index contributed by atoms with van der Waals surface area (Å²) in [6, 6.07) is 10.1. The summed E-state index contributed by atoms with van der Waals surface area (Å²) < 4.78 is 5.49. The van der Waals surface area contributed by atoms with Crippen LogP contribution in [0, 0.1) is 6.92 Å². The molecule has 0 aliphatic rings. The van der Waals surface area contributed by atoms with Crippen LogP contribution in [0.2, 0.25) is 0 Å². The topological polar surface area (TPSA) is 35.2 Å². The molecule has 0 bridgehead atoms. The quantitative estimate of drug-likeness (QED) is 0.897. The first-order valence-electron chi connectivity index (χ1n) is 5.74. The summed E-state index contributed by atoms with van der Waals surface area (Å²) in [5, 5.41) is 2.08. The maximum atomic E-state index is 6.28. The van der Waals surface area contributed by atoms with Gasteiger partial charge in [-0.3, -0.25) is 0 Å². The van der Waals surface area contributed by atoms with E-state index in [0.717, 1.165) is 11.3 Å². The van der Waals surface area contributed by atoms with Gasteiger partial charge in [0.05, 0.1) is 12.6 Å². The lowest BCUT2D eigenvalue weighted by molar-refractivity contribution is 0.340. The highest BCUT2D eigenvalue weighted by Crippen LogP contribution is 2.29. The van der Waals surface area contributed by atoms with Gasteiger partial charge in [-0.15, -0.1) is 11.3 Å². The van der Waals surface area contributed by atoms with Crippen molar-refractivity contribution in [3.8, 4) is 5.75 Å². The van der Waals surface area contributed by atoms with Gasteiger partial charge in [0.2, 0.25) is 0 Å². The number of benzene rings is 1. The van der Waals surface area contributed by atoms with E-state index < -0.39 is 0 Å². The summed E-state index contributed by atoms with van der Waals surface area (Å²) in [5.41, 5.74) is 8.63. The van der Waals surface area contributed by atoms with Gasteiger partial charge in [0.1, 0.15) is 5.75 Å². The van der Waals surface area contributed by atoms with E-state index in [9.17, 15) is 0 Å². The minimum atomic E-state index is -0.0598. The molecule has 0 fully saturated rings. The molecule has 3 heteroatoms. The molecule has 17 heavy (non-hydrogen) atoms. The molecule has 2 nitrogen and oxygen atoms in total. The lowest BCUT2D eigenvalue weighted by atomic mass is 10.0. The first kappa shape index (κ1) is 12.1. The third-order valence-electron chi connectivity index (χ3n) is 2.71. The zero-order valence-electron chi connectivity index (χ0n) is 10.1. The van der Waals surface area contributed by atoms with E-state index in [1.807, 2.05) is 31.2 Å². The normalized spacial score (nSPS) is 12.4. The van der Waals surface area contributed by atoms with Crippen LogP contribution in [0.25, 0.3) is 0 Å². The molecular formula is C14H17NOS. The van der Waals surface area contributed by atoms with E-state index in [1.165, 1.54) is 10.4 Å². The number of thiophene rings is 1. The van der Waals surface area contributed by atoms with Crippen molar-refractivity contribution in [2.45, 2.75) is 19.9 Å². The lowest BCUT2D eigenvalue weighted by Gasteiger charge is -2.13. The van der Waals surface area contributed by atoms with Crippen molar-refractivity contribution in [2.75, 3.05) is 6.61 Å². The van der Waals surface area contributed by atoms with Crippen LogP contribution in [0.3, 0.4) is 0 Å². The number of hydrogen-bond acceptors (Lipinski definition) is 3. The highest BCUT2D eigenvalue weighted by atomic mass is 32.1. The highest BCUT2D eigenvalue weighted by molar-refractivity contribution is 7.10. The first-order chi connectivity index (χ1) is 8.22. The molecule has 1 aromatic heterocycles. The van der Waals surface area contributed by atoms with Gasteiger partial charge in [-0.05, 0) is 48.6 Å². The molecule has 0 saturated carbocycles. The van der Waals surface area contributed by atoms with Gasteiger partial charge in [0, 0.05) is 4.88 Å². The number of nitrogens with two attached hydrogens (primary N) is 1. The monoisotopic (exact) mass is 247 g/mol. The fourth-order valence-electron chi connectivity index (χ4n) is 1.82. The molecule has 0 saturated heterocycles. The van der Waals surface area contributed by atoms with Crippen LogP contribution < -0.4 is 10.5 Å². The lowest BCUT2D eigenvalue weighted by Crippen LogP contribution is -2.11. The summed E-state index contributed by atoms with van der Waals surface area (Å²) in [7, 11) is 0. The molecule has 1 atom stereocenters. The molecule has 0 aliphatic carbocycles. The van der Waals surface area contributed by atoms with Crippen molar-refractivity contribution in [2.24, 2.45) is 5.73 Å². The highest BCUT2D eigenvalue weighted by Gasteiger charge is 2.13. The van der Waals surface area contributed by atoms with Gasteiger partial charge in [-0.25, -0.2) is 0 Å². The molecule has 1 heterocycles. The SMILES string of the molecule is CCOc1cccc(C(N)c2sccc2C)c1. The number of hydrogen-bond donors (Lipinski definition) is 1. The minimum absolute atomic E-state index is 0.0598.